The summed E-state index contributed by atoms with van der Waals surface area (Å²) < 4.78 is 10.2. The molecule has 2 aliphatic rings. The summed E-state index contributed by atoms with van der Waals surface area (Å²) in [6.45, 7) is 2.22. The zero-order valence-electron chi connectivity index (χ0n) is 33.6. The lowest BCUT2D eigenvalue weighted by Crippen LogP contribution is -2.55. The van der Waals surface area contributed by atoms with Crippen LogP contribution in [0.15, 0.2) is 144 Å². The number of amides is 4. The van der Waals surface area contributed by atoms with Crippen LogP contribution in [0.1, 0.15) is 20.3 Å². The van der Waals surface area contributed by atoms with Gasteiger partial charge in [0.05, 0.1) is 25.4 Å². The number of esters is 2. The summed E-state index contributed by atoms with van der Waals surface area (Å²) in [6, 6.07) is 33.1. The highest BCUT2D eigenvalue weighted by Crippen LogP contribution is 2.42. The molecule has 312 valence electrons. The molecule has 2 heterocycles. The average molecular weight is 827 g/mol. The third kappa shape index (κ3) is 7.98. The van der Waals surface area contributed by atoms with Crippen LogP contribution in [-0.4, -0.2) is 85.5 Å². The van der Waals surface area contributed by atoms with Gasteiger partial charge in [0, 0.05) is 35.8 Å². The Balaban J connectivity index is 1.20. The van der Waals surface area contributed by atoms with E-state index in [1.807, 2.05) is 0 Å². The van der Waals surface area contributed by atoms with E-state index in [1.165, 1.54) is 13.8 Å². The Morgan fingerprint density at radius 1 is 0.508 bits per heavy atom. The molecule has 0 aliphatic carbocycles. The Morgan fingerprint density at radius 2 is 0.820 bits per heavy atom. The van der Waals surface area contributed by atoms with Gasteiger partial charge in [0.2, 0.25) is 0 Å². The number of ether oxygens (including phenoxy) is 2. The van der Waals surface area contributed by atoms with E-state index in [2.05, 4.69) is 21.3 Å². The Bertz CT molecular complexity index is 2290. The second-order valence-electron chi connectivity index (χ2n) is 14.1. The molecule has 0 aromatic heterocycles. The van der Waals surface area contributed by atoms with Crippen molar-refractivity contribution in [1.82, 2.24) is 10.6 Å². The number of rotatable bonds is 16. The molecule has 4 N–H and O–H groups in total. The number of hydrogen-bond donors (Lipinski definition) is 4. The molecule has 4 aromatic carbocycles. The standard InChI is InChI=1S/C45H42N6O10/c1-44(42(58)60-3)32(34(48-28-18-9-5-10-19-28)40(56)50(44)30-22-13-7-14-23-30)36(52)38(54)46-26-17-27-47-39(55)37(53)33-35(49-29-20-11-6-12-21-29)41(57)51(31-24-15-8-16-25-31)45(33,2)43(59)61-4/h5-16,18-25,48-49H,17,26-27H2,1-4H3,(H,46,54)(H,47,55). The van der Waals surface area contributed by atoms with E-state index >= 15 is 0 Å². The SMILES string of the molecule is COC(=O)C1(C)C(C(=O)C(=O)NCCCNC(=O)C(=O)C2=C(Nc3ccccc3)C(=O)N(c3ccccc3)C2(C)C(=O)OC)=C(Nc2ccccc2)C(=O)N1c1ccccc1. The van der Waals surface area contributed by atoms with Gasteiger partial charge in [-0.05, 0) is 68.8 Å². The van der Waals surface area contributed by atoms with Gasteiger partial charge in [0.15, 0.2) is 11.1 Å². The molecule has 0 radical (unpaired) electrons. The van der Waals surface area contributed by atoms with Crippen molar-refractivity contribution in [1.29, 1.82) is 0 Å². The van der Waals surface area contributed by atoms with Gasteiger partial charge in [0.25, 0.3) is 35.2 Å². The minimum Gasteiger partial charge on any atom is -0.467 e. The molecule has 4 amide bonds. The topological polar surface area (TPSA) is 210 Å². The van der Waals surface area contributed by atoms with Crippen LogP contribution in [0.4, 0.5) is 22.7 Å². The van der Waals surface area contributed by atoms with Gasteiger partial charge >= 0.3 is 11.9 Å². The summed E-state index contributed by atoms with van der Waals surface area (Å²) in [6.07, 6.45) is -0.00688. The van der Waals surface area contributed by atoms with Crippen molar-refractivity contribution in [2.24, 2.45) is 0 Å². The van der Waals surface area contributed by atoms with Crippen LogP contribution >= 0.6 is 0 Å². The summed E-state index contributed by atoms with van der Waals surface area (Å²) in [5.41, 5.74) is -4.33. The first-order chi connectivity index (χ1) is 29.3. The highest BCUT2D eigenvalue weighted by atomic mass is 16.5. The van der Waals surface area contributed by atoms with Crippen molar-refractivity contribution in [2.75, 3.05) is 47.7 Å². The molecule has 2 atom stereocenters. The van der Waals surface area contributed by atoms with Gasteiger partial charge < -0.3 is 30.7 Å². The first kappa shape index (κ1) is 42.7. The lowest BCUT2D eigenvalue weighted by Gasteiger charge is -2.34. The summed E-state index contributed by atoms with van der Waals surface area (Å²) >= 11 is 0. The molecule has 61 heavy (non-hydrogen) atoms. The minimum absolute atomic E-state index is 0.00688. The first-order valence-electron chi connectivity index (χ1n) is 19.0. The van der Waals surface area contributed by atoms with Crippen molar-refractivity contribution < 1.29 is 47.8 Å². The molecular weight excluding hydrogens is 785 g/mol. The van der Waals surface area contributed by atoms with E-state index in [-0.39, 0.29) is 42.3 Å². The van der Waals surface area contributed by atoms with Crippen LogP contribution in [0.2, 0.25) is 0 Å². The third-order valence-electron chi connectivity index (χ3n) is 10.3. The maximum atomic E-state index is 14.1. The normalized spacial score (nSPS) is 18.4. The molecular formula is C45H42N6O10. The molecule has 0 spiro atoms. The number of nitrogens with one attached hydrogen (secondary N) is 4. The van der Waals surface area contributed by atoms with Crippen LogP contribution in [-0.2, 0) is 47.8 Å². The molecule has 2 unspecified atom stereocenters. The molecule has 0 saturated carbocycles. The predicted molar refractivity (Wildman–Crippen MR) is 224 cm³/mol. The fourth-order valence-corrected chi connectivity index (χ4v) is 7.36. The number of para-hydroxylation sites is 4. The number of benzene rings is 4. The van der Waals surface area contributed by atoms with Crippen LogP contribution in [0.5, 0.6) is 0 Å². The van der Waals surface area contributed by atoms with Gasteiger partial charge in [-0.3, -0.25) is 38.6 Å². The molecule has 0 saturated heterocycles. The minimum atomic E-state index is -2.08. The Kier molecular flexibility index (Phi) is 12.6. The number of carbonyl (C=O) groups is 8. The number of methoxy groups -OCH3 is 2. The van der Waals surface area contributed by atoms with E-state index in [9.17, 15) is 38.4 Å². The summed E-state index contributed by atoms with van der Waals surface area (Å²) in [7, 11) is 2.20. The van der Waals surface area contributed by atoms with Gasteiger partial charge in [-0.2, -0.15) is 0 Å². The quantitative estimate of drug-likeness (QED) is 0.0728. The molecule has 6 rings (SSSR count). The zero-order valence-corrected chi connectivity index (χ0v) is 33.6. The number of nitrogens with zero attached hydrogens (tertiary/aromatic N) is 2. The fraction of sp³-hybridized carbons (Fsp3) is 0.200. The highest BCUT2D eigenvalue weighted by Gasteiger charge is 2.60. The van der Waals surface area contributed by atoms with Gasteiger partial charge in [0.1, 0.15) is 11.4 Å². The number of carbonyl (C=O) groups excluding carboxylic acids is 8. The largest absolute Gasteiger partial charge is 0.467 e. The van der Waals surface area contributed by atoms with Crippen molar-refractivity contribution in [2.45, 2.75) is 31.3 Å². The Labute approximate surface area is 350 Å². The van der Waals surface area contributed by atoms with Crippen molar-refractivity contribution in [3.63, 3.8) is 0 Å². The van der Waals surface area contributed by atoms with Gasteiger partial charge in [-0.15, -0.1) is 0 Å². The number of anilines is 4. The second-order valence-corrected chi connectivity index (χ2v) is 14.1. The van der Waals surface area contributed by atoms with Crippen molar-refractivity contribution >= 4 is 69.9 Å². The smallest absolute Gasteiger partial charge is 0.336 e. The summed E-state index contributed by atoms with van der Waals surface area (Å²) in [5, 5.41) is 10.8. The monoisotopic (exact) mass is 826 g/mol. The zero-order chi connectivity index (χ0) is 43.9. The molecule has 0 bridgehead atoms. The maximum absolute atomic E-state index is 14.1. The fourth-order valence-electron chi connectivity index (χ4n) is 7.36. The van der Waals surface area contributed by atoms with E-state index in [0.29, 0.717) is 11.4 Å². The van der Waals surface area contributed by atoms with Crippen LogP contribution < -0.4 is 31.1 Å². The maximum Gasteiger partial charge on any atom is 0.336 e. The second kappa shape index (κ2) is 17.9. The molecule has 4 aromatic rings. The van der Waals surface area contributed by atoms with Crippen LogP contribution in [0.25, 0.3) is 0 Å². The van der Waals surface area contributed by atoms with E-state index in [1.54, 1.807) is 121 Å². The Morgan fingerprint density at radius 3 is 1.13 bits per heavy atom. The van der Waals surface area contributed by atoms with Crippen LogP contribution in [0.3, 0.4) is 0 Å². The first-order valence-corrected chi connectivity index (χ1v) is 19.0. The number of ketones is 2. The van der Waals surface area contributed by atoms with Gasteiger partial charge in [-0.1, -0.05) is 72.8 Å². The molecule has 16 nitrogen and oxygen atoms in total. The van der Waals surface area contributed by atoms with E-state index < -0.39 is 69.4 Å². The predicted octanol–water partition coefficient (Wildman–Crippen LogP) is 3.44. The summed E-state index contributed by atoms with van der Waals surface area (Å²) in [5.74, 6) is -8.19. The highest BCUT2D eigenvalue weighted by molar-refractivity contribution is 6.48. The Hall–Kier alpha value is -7.88. The van der Waals surface area contributed by atoms with E-state index in [4.69, 9.17) is 9.47 Å². The van der Waals surface area contributed by atoms with Gasteiger partial charge in [-0.25, -0.2) is 9.59 Å². The van der Waals surface area contributed by atoms with Crippen LogP contribution in [0, 0.1) is 0 Å². The third-order valence-corrected chi connectivity index (χ3v) is 10.3. The number of Topliss-reactive ketones (excluding diaryl/α,β-unsaturated/α-hetero) is 2. The summed E-state index contributed by atoms with van der Waals surface area (Å²) in [4.78, 5) is 113. The molecule has 16 heteroatoms. The number of hydrogen-bond acceptors (Lipinski definition) is 12. The lowest BCUT2D eigenvalue weighted by molar-refractivity contribution is -0.147. The lowest BCUT2D eigenvalue weighted by atomic mass is 9.88. The van der Waals surface area contributed by atoms with Crippen molar-refractivity contribution in [3.8, 4) is 0 Å². The van der Waals surface area contributed by atoms with Crippen molar-refractivity contribution in [3.05, 3.63) is 144 Å². The molecule has 2 aliphatic heterocycles. The molecule has 0 fully saturated rings. The van der Waals surface area contributed by atoms with E-state index in [0.717, 1.165) is 24.0 Å². The average Bonchev–Trinajstić information content (AvgIpc) is 3.64.